The van der Waals surface area contributed by atoms with E-state index < -0.39 is 29.3 Å². The van der Waals surface area contributed by atoms with Gasteiger partial charge in [-0.3, -0.25) is 19.4 Å². The Morgan fingerprint density at radius 2 is 1.61 bits per heavy atom. The third-order valence-electron chi connectivity index (χ3n) is 6.39. The molecule has 0 spiro atoms. The summed E-state index contributed by atoms with van der Waals surface area (Å²) in [5, 5.41) is 6.28. The molecule has 0 aromatic heterocycles. The Kier molecular flexibility index (Phi) is 4.45. The van der Waals surface area contributed by atoms with Crippen LogP contribution >= 0.6 is 15.9 Å². The van der Waals surface area contributed by atoms with Gasteiger partial charge in [0.15, 0.2) is 5.78 Å². The van der Waals surface area contributed by atoms with Crippen LogP contribution in [-0.2, 0) is 14.4 Å². The lowest BCUT2D eigenvalue weighted by atomic mass is 9.79. The van der Waals surface area contributed by atoms with Crippen molar-refractivity contribution in [3.05, 3.63) is 64.1 Å². The van der Waals surface area contributed by atoms with Crippen molar-refractivity contribution in [2.24, 2.45) is 22.4 Å². The van der Waals surface area contributed by atoms with Crippen molar-refractivity contribution in [3.63, 3.8) is 0 Å². The van der Waals surface area contributed by atoms with E-state index in [4.69, 9.17) is 0 Å². The van der Waals surface area contributed by atoms with Crippen LogP contribution in [0.25, 0.3) is 0 Å². The molecule has 3 aliphatic heterocycles. The number of carbonyl (C=O) groups is 3. The van der Waals surface area contributed by atoms with Gasteiger partial charge in [0.25, 0.3) is 0 Å². The highest BCUT2D eigenvalue weighted by Crippen LogP contribution is 2.53. The van der Waals surface area contributed by atoms with Gasteiger partial charge >= 0.3 is 0 Å². The zero-order chi connectivity index (χ0) is 22.1. The van der Waals surface area contributed by atoms with E-state index in [0.717, 1.165) is 15.6 Å². The monoisotopic (exact) mass is 479 g/mol. The molecule has 2 fully saturated rings. The summed E-state index contributed by atoms with van der Waals surface area (Å²) in [5.74, 6) is -2.12. The number of benzene rings is 2. The Labute approximate surface area is 189 Å². The van der Waals surface area contributed by atoms with Crippen molar-refractivity contribution in [2.75, 3.05) is 4.90 Å². The lowest BCUT2D eigenvalue weighted by molar-refractivity contribution is -0.136. The fourth-order valence-corrected chi connectivity index (χ4v) is 5.22. The molecule has 4 atom stereocenters. The van der Waals surface area contributed by atoms with Gasteiger partial charge in [-0.15, -0.1) is 0 Å². The topological polar surface area (TPSA) is 70.0 Å². The molecule has 0 saturated carbocycles. The number of hydrogen-bond acceptors (Lipinski definition) is 5. The zero-order valence-corrected chi connectivity index (χ0v) is 19.0. The molecule has 0 N–H and O–H groups in total. The van der Waals surface area contributed by atoms with Crippen LogP contribution in [0.15, 0.2) is 58.1 Å². The van der Waals surface area contributed by atoms with Crippen LogP contribution in [0.4, 0.5) is 5.69 Å². The summed E-state index contributed by atoms with van der Waals surface area (Å²) in [6.45, 7) is 5.52. The summed E-state index contributed by atoms with van der Waals surface area (Å²) in [6.07, 6.45) is 1.72. The Balaban J connectivity index is 1.66. The lowest BCUT2D eigenvalue weighted by Crippen LogP contribution is -2.48. The quantitative estimate of drug-likeness (QED) is 0.611. The van der Waals surface area contributed by atoms with Crippen LogP contribution in [0.3, 0.4) is 0 Å². The number of hydrazone groups is 1. The number of amides is 2. The number of hydrogen-bond donors (Lipinski definition) is 0. The summed E-state index contributed by atoms with van der Waals surface area (Å²) < 4.78 is 0.859. The second kappa shape index (κ2) is 6.85. The SMILES string of the molecule is CC(C)(C)C(=O)[C@H]1[C@H]2C(=O)N(c3ccc(Br)cc3)C(=O)[C@H]2[C@H]2c3ccccc3C=NN21. The lowest BCUT2D eigenvalue weighted by Gasteiger charge is -2.35. The van der Waals surface area contributed by atoms with Crippen LogP contribution in [0.1, 0.15) is 37.9 Å². The second-order valence-corrected chi connectivity index (χ2v) is 10.2. The maximum absolute atomic E-state index is 13.7. The maximum atomic E-state index is 13.7. The van der Waals surface area contributed by atoms with Gasteiger partial charge in [0.2, 0.25) is 11.8 Å². The van der Waals surface area contributed by atoms with E-state index in [1.54, 1.807) is 35.5 Å². The van der Waals surface area contributed by atoms with Crippen LogP contribution in [0.5, 0.6) is 0 Å². The normalized spacial score (nSPS) is 26.7. The summed E-state index contributed by atoms with van der Waals surface area (Å²) >= 11 is 3.39. The Morgan fingerprint density at radius 3 is 2.29 bits per heavy atom. The van der Waals surface area contributed by atoms with Crippen molar-refractivity contribution in [1.29, 1.82) is 0 Å². The van der Waals surface area contributed by atoms with E-state index in [1.165, 1.54) is 4.90 Å². The standard InChI is InChI=1S/C24H22BrN3O3/c1-24(2,3)21(29)20-18-17(19-16-7-5-4-6-13(16)12-26-28(19)20)22(30)27(23(18)31)15-10-8-14(25)9-11-15/h4-12,17-20H,1-3H3/t17-,18+,19-,20-/m1/s1. The Hall–Kier alpha value is -2.80. The van der Waals surface area contributed by atoms with Crippen molar-refractivity contribution in [1.82, 2.24) is 5.01 Å². The molecule has 0 aliphatic carbocycles. The molecule has 6 nitrogen and oxygen atoms in total. The minimum absolute atomic E-state index is 0.0830. The number of rotatable bonds is 2. The van der Waals surface area contributed by atoms with Crippen molar-refractivity contribution in [2.45, 2.75) is 32.9 Å². The fourth-order valence-electron chi connectivity index (χ4n) is 4.96. The summed E-state index contributed by atoms with van der Waals surface area (Å²) in [6, 6.07) is 13.6. The van der Waals surface area contributed by atoms with E-state index >= 15 is 0 Å². The van der Waals surface area contributed by atoms with Crippen LogP contribution in [0.2, 0.25) is 0 Å². The smallest absolute Gasteiger partial charge is 0.240 e. The summed E-state index contributed by atoms with van der Waals surface area (Å²) in [4.78, 5) is 42.1. The number of ketones is 1. The Morgan fingerprint density at radius 1 is 0.968 bits per heavy atom. The molecule has 2 aromatic rings. The van der Waals surface area contributed by atoms with Gasteiger partial charge in [-0.2, -0.15) is 5.10 Å². The third kappa shape index (κ3) is 2.90. The number of carbonyl (C=O) groups excluding carboxylic acids is 3. The van der Waals surface area contributed by atoms with Crippen molar-refractivity contribution in [3.8, 4) is 0 Å². The Bertz CT molecular complexity index is 1140. The highest BCUT2D eigenvalue weighted by Gasteiger charge is 2.66. The number of nitrogens with zero attached hydrogens (tertiary/aromatic N) is 3. The van der Waals surface area contributed by atoms with E-state index in [0.29, 0.717) is 5.69 Å². The van der Waals surface area contributed by atoms with Gasteiger partial charge < -0.3 is 0 Å². The molecule has 0 bridgehead atoms. The van der Waals surface area contributed by atoms with Gasteiger partial charge in [0.1, 0.15) is 6.04 Å². The zero-order valence-electron chi connectivity index (χ0n) is 17.4. The van der Waals surface area contributed by atoms with E-state index in [9.17, 15) is 14.4 Å². The van der Waals surface area contributed by atoms with E-state index in [2.05, 4.69) is 21.0 Å². The molecule has 3 heterocycles. The molecule has 158 valence electrons. The first-order valence-corrected chi connectivity index (χ1v) is 11.1. The summed E-state index contributed by atoms with van der Waals surface area (Å²) in [5.41, 5.74) is 1.68. The van der Waals surface area contributed by atoms with E-state index in [1.807, 2.05) is 45.0 Å². The van der Waals surface area contributed by atoms with Gasteiger partial charge in [0, 0.05) is 9.89 Å². The van der Waals surface area contributed by atoms with Crippen molar-refractivity contribution < 1.29 is 14.4 Å². The molecule has 5 rings (SSSR count). The molecule has 0 radical (unpaired) electrons. The van der Waals surface area contributed by atoms with Crippen LogP contribution in [-0.4, -0.2) is 34.9 Å². The minimum atomic E-state index is -0.781. The number of imide groups is 1. The highest BCUT2D eigenvalue weighted by atomic mass is 79.9. The minimum Gasteiger partial charge on any atom is -0.297 e. The average Bonchev–Trinajstić information content (AvgIpc) is 3.20. The van der Waals surface area contributed by atoms with Crippen LogP contribution in [0, 0.1) is 17.3 Å². The first-order chi connectivity index (χ1) is 14.7. The molecule has 7 heteroatoms. The maximum Gasteiger partial charge on any atom is 0.240 e. The highest BCUT2D eigenvalue weighted by molar-refractivity contribution is 9.10. The number of Topliss-reactive ketones (excluding diaryl/α,β-unsaturated/α-hetero) is 1. The molecule has 31 heavy (non-hydrogen) atoms. The number of fused-ring (bicyclic) bond motifs is 5. The molecule has 2 amide bonds. The second-order valence-electron chi connectivity index (χ2n) is 9.30. The molecule has 0 unspecified atom stereocenters. The van der Waals surface area contributed by atoms with Gasteiger partial charge in [0.05, 0.1) is 29.8 Å². The van der Waals surface area contributed by atoms with Gasteiger partial charge in [-0.1, -0.05) is 61.0 Å². The molecular formula is C24H22BrN3O3. The predicted molar refractivity (Wildman–Crippen MR) is 120 cm³/mol. The van der Waals surface area contributed by atoms with Crippen LogP contribution < -0.4 is 4.90 Å². The first-order valence-electron chi connectivity index (χ1n) is 10.3. The average molecular weight is 480 g/mol. The number of halogens is 1. The third-order valence-corrected chi connectivity index (χ3v) is 6.91. The predicted octanol–water partition coefficient (Wildman–Crippen LogP) is 3.94. The first kappa shape index (κ1) is 20.1. The van der Waals surface area contributed by atoms with Gasteiger partial charge in [-0.25, -0.2) is 4.90 Å². The van der Waals surface area contributed by atoms with Gasteiger partial charge in [-0.05, 0) is 35.4 Å². The fraction of sp³-hybridized carbons (Fsp3) is 0.333. The molecule has 3 aliphatic rings. The summed E-state index contributed by atoms with van der Waals surface area (Å²) in [7, 11) is 0. The molecular weight excluding hydrogens is 458 g/mol. The van der Waals surface area contributed by atoms with Crippen molar-refractivity contribution >= 4 is 45.4 Å². The number of anilines is 1. The van der Waals surface area contributed by atoms with E-state index in [-0.39, 0.29) is 17.6 Å². The largest absolute Gasteiger partial charge is 0.297 e. The molecule has 2 saturated heterocycles. The molecule has 2 aromatic carbocycles.